The third kappa shape index (κ3) is 5.55. The Kier molecular flexibility index (Phi) is 7.78. The maximum Gasteiger partial charge on any atom is 0.257 e. The Morgan fingerprint density at radius 1 is 0.794 bits per heavy atom. The Hall–Kier alpha value is -2.58. The monoisotopic (exact) mass is 484 g/mol. The molecular weight excluding hydrogens is 448 g/mol. The fourth-order valence-electron chi connectivity index (χ4n) is 4.76. The van der Waals surface area contributed by atoms with E-state index in [2.05, 4.69) is 27.2 Å². The van der Waals surface area contributed by atoms with Gasteiger partial charge in [0.15, 0.2) is 0 Å². The summed E-state index contributed by atoms with van der Waals surface area (Å²) >= 11 is 0. The lowest BCUT2D eigenvalue weighted by Crippen LogP contribution is -2.32. The van der Waals surface area contributed by atoms with Crippen molar-refractivity contribution in [2.24, 2.45) is 0 Å². The van der Waals surface area contributed by atoms with Crippen molar-refractivity contribution in [3.8, 4) is 0 Å². The van der Waals surface area contributed by atoms with Crippen molar-refractivity contribution in [3.63, 3.8) is 0 Å². The zero-order chi connectivity index (χ0) is 24.1. The van der Waals surface area contributed by atoms with Gasteiger partial charge in [0.05, 0.1) is 10.5 Å². The second-order valence-corrected chi connectivity index (χ2v) is 11.6. The van der Waals surface area contributed by atoms with Crippen molar-refractivity contribution in [2.45, 2.75) is 49.8 Å². The van der Waals surface area contributed by atoms with Gasteiger partial charge in [0, 0.05) is 57.3 Å². The fraction of sp³-hybridized carbons (Fsp3) is 0.500. The summed E-state index contributed by atoms with van der Waals surface area (Å²) in [7, 11) is -0.646. The molecule has 2 heterocycles. The van der Waals surface area contributed by atoms with Gasteiger partial charge in [-0.15, -0.1) is 0 Å². The molecule has 0 unspecified atom stereocenters. The van der Waals surface area contributed by atoms with Gasteiger partial charge in [0.25, 0.3) is 5.91 Å². The van der Waals surface area contributed by atoms with Gasteiger partial charge in [-0.05, 0) is 74.6 Å². The number of benzene rings is 2. The van der Waals surface area contributed by atoms with Gasteiger partial charge >= 0.3 is 0 Å². The standard InChI is InChI=1S/C26H36N4O3S/c1-28(2)34(32,33)23-14-15-25(30-18-8-5-9-19-30)24(20-23)26(31)27-21-10-12-22(13-11-21)29-16-6-3-4-7-17-29/h10-15,20H,3-9,16-19H2,1-2H3,(H,27,31). The summed E-state index contributed by atoms with van der Waals surface area (Å²) in [5, 5.41) is 3.00. The highest BCUT2D eigenvalue weighted by molar-refractivity contribution is 7.89. The van der Waals surface area contributed by atoms with Crippen LogP contribution in [0.15, 0.2) is 47.4 Å². The quantitative estimate of drug-likeness (QED) is 0.651. The molecule has 7 nitrogen and oxygen atoms in total. The van der Waals surface area contributed by atoms with Crippen LogP contribution in [-0.4, -0.2) is 58.9 Å². The molecule has 2 aromatic rings. The molecule has 2 aliphatic heterocycles. The summed E-state index contributed by atoms with van der Waals surface area (Å²) in [6.45, 7) is 3.87. The average molecular weight is 485 g/mol. The molecule has 0 saturated carbocycles. The Morgan fingerprint density at radius 3 is 1.94 bits per heavy atom. The lowest BCUT2D eigenvalue weighted by Gasteiger charge is -2.30. The molecule has 34 heavy (non-hydrogen) atoms. The minimum Gasteiger partial charge on any atom is -0.372 e. The number of carbonyl (C=O) groups is 1. The second-order valence-electron chi connectivity index (χ2n) is 9.42. The summed E-state index contributed by atoms with van der Waals surface area (Å²) in [5.74, 6) is -0.293. The molecule has 0 spiro atoms. The summed E-state index contributed by atoms with van der Waals surface area (Å²) in [6.07, 6.45) is 8.30. The first-order valence-electron chi connectivity index (χ1n) is 12.3. The van der Waals surface area contributed by atoms with Gasteiger partial charge in [0.2, 0.25) is 10.0 Å². The molecule has 8 heteroatoms. The van der Waals surface area contributed by atoms with Crippen molar-refractivity contribution in [3.05, 3.63) is 48.0 Å². The molecule has 0 aromatic heterocycles. The highest BCUT2D eigenvalue weighted by Crippen LogP contribution is 2.29. The number of rotatable bonds is 6. The zero-order valence-electron chi connectivity index (χ0n) is 20.3. The average Bonchev–Trinajstić information content (AvgIpc) is 3.14. The lowest BCUT2D eigenvalue weighted by atomic mass is 10.1. The highest BCUT2D eigenvalue weighted by Gasteiger charge is 2.24. The minimum atomic E-state index is -3.65. The van der Waals surface area contributed by atoms with Crippen LogP contribution in [0.3, 0.4) is 0 Å². The molecule has 0 atom stereocenters. The summed E-state index contributed by atoms with van der Waals surface area (Å²) in [6, 6.07) is 12.9. The van der Waals surface area contributed by atoms with Crippen molar-refractivity contribution >= 4 is 33.0 Å². The molecule has 0 aliphatic carbocycles. The largest absolute Gasteiger partial charge is 0.372 e. The van der Waals surface area contributed by atoms with Crippen LogP contribution in [0.1, 0.15) is 55.3 Å². The third-order valence-corrected chi connectivity index (χ3v) is 8.60. The topological polar surface area (TPSA) is 73.0 Å². The van der Waals surface area contributed by atoms with E-state index in [9.17, 15) is 13.2 Å². The van der Waals surface area contributed by atoms with E-state index in [0.717, 1.165) is 44.7 Å². The molecule has 1 N–H and O–H groups in total. The van der Waals surface area contributed by atoms with Crippen LogP contribution in [0.25, 0.3) is 0 Å². The van der Waals surface area contributed by atoms with Gasteiger partial charge in [0.1, 0.15) is 0 Å². The SMILES string of the molecule is CN(C)S(=O)(=O)c1ccc(N2CCCCC2)c(C(=O)Nc2ccc(N3CCCCCC3)cc2)c1. The number of nitrogens with zero attached hydrogens (tertiary/aromatic N) is 3. The minimum absolute atomic E-state index is 0.125. The Balaban J connectivity index is 1.59. The molecule has 2 aliphatic rings. The Morgan fingerprint density at radius 2 is 1.35 bits per heavy atom. The van der Waals surface area contributed by atoms with Crippen LogP contribution >= 0.6 is 0 Å². The predicted octanol–water partition coefficient (Wildman–Crippen LogP) is 4.56. The number of carbonyl (C=O) groups excluding carboxylic acids is 1. The van der Waals surface area contributed by atoms with E-state index in [-0.39, 0.29) is 10.8 Å². The van der Waals surface area contributed by atoms with Gasteiger partial charge in [-0.3, -0.25) is 4.79 Å². The number of anilines is 3. The van der Waals surface area contributed by atoms with Gasteiger partial charge in [-0.1, -0.05) is 12.8 Å². The van der Waals surface area contributed by atoms with Gasteiger partial charge in [-0.25, -0.2) is 12.7 Å². The van der Waals surface area contributed by atoms with E-state index in [1.54, 1.807) is 12.1 Å². The number of sulfonamides is 1. The maximum absolute atomic E-state index is 13.4. The molecule has 4 rings (SSSR count). The van der Waals surface area contributed by atoms with Gasteiger partial charge in [-0.2, -0.15) is 0 Å². The normalized spacial score (nSPS) is 17.5. The number of amides is 1. The van der Waals surface area contributed by atoms with E-state index in [4.69, 9.17) is 0 Å². The van der Waals surface area contributed by atoms with E-state index in [1.807, 2.05) is 12.1 Å². The van der Waals surface area contributed by atoms with E-state index in [0.29, 0.717) is 11.3 Å². The lowest BCUT2D eigenvalue weighted by molar-refractivity contribution is 0.102. The van der Waals surface area contributed by atoms with Crippen LogP contribution in [0.2, 0.25) is 0 Å². The van der Waals surface area contributed by atoms with Crippen LogP contribution in [-0.2, 0) is 10.0 Å². The van der Waals surface area contributed by atoms with E-state index < -0.39 is 10.0 Å². The van der Waals surface area contributed by atoms with Gasteiger partial charge < -0.3 is 15.1 Å². The van der Waals surface area contributed by atoms with E-state index in [1.165, 1.54) is 62.3 Å². The second kappa shape index (κ2) is 10.8. The summed E-state index contributed by atoms with van der Waals surface area (Å²) in [5.41, 5.74) is 3.06. The van der Waals surface area contributed by atoms with Crippen LogP contribution in [0.5, 0.6) is 0 Å². The Labute approximate surface area is 203 Å². The van der Waals surface area contributed by atoms with Crippen LogP contribution in [0.4, 0.5) is 17.1 Å². The van der Waals surface area contributed by atoms with Crippen molar-refractivity contribution in [1.29, 1.82) is 0 Å². The van der Waals surface area contributed by atoms with Crippen molar-refractivity contribution < 1.29 is 13.2 Å². The fourth-order valence-corrected chi connectivity index (χ4v) is 5.69. The first kappa shape index (κ1) is 24.5. The number of hydrogen-bond acceptors (Lipinski definition) is 5. The van der Waals surface area contributed by atoms with Crippen molar-refractivity contribution in [1.82, 2.24) is 4.31 Å². The molecule has 2 fully saturated rings. The molecular formula is C26H36N4O3S. The van der Waals surface area contributed by atoms with Crippen molar-refractivity contribution in [2.75, 3.05) is 55.4 Å². The predicted molar refractivity (Wildman–Crippen MR) is 138 cm³/mol. The Bertz CT molecular complexity index is 1090. The van der Waals surface area contributed by atoms with Crippen LogP contribution < -0.4 is 15.1 Å². The third-order valence-electron chi connectivity index (χ3n) is 6.78. The highest BCUT2D eigenvalue weighted by atomic mass is 32.2. The van der Waals surface area contributed by atoms with Crippen LogP contribution in [0, 0.1) is 0 Å². The summed E-state index contributed by atoms with van der Waals surface area (Å²) in [4.78, 5) is 18.1. The molecule has 1 amide bonds. The van der Waals surface area contributed by atoms with E-state index >= 15 is 0 Å². The number of piperidine rings is 1. The smallest absolute Gasteiger partial charge is 0.257 e. The molecule has 0 radical (unpaired) electrons. The first-order valence-corrected chi connectivity index (χ1v) is 13.8. The number of hydrogen-bond donors (Lipinski definition) is 1. The molecule has 184 valence electrons. The molecule has 2 aromatic carbocycles. The molecule has 0 bridgehead atoms. The zero-order valence-corrected chi connectivity index (χ0v) is 21.1. The maximum atomic E-state index is 13.4. The first-order chi connectivity index (χ1) is 16.4. The summed E-state index contributed by atoms with van der Waals surface area (Å²) < 4.78 is 26.7. The molecule has 2 saturated heterocycles. The number of nitrogens with one attached hydrogen (secondary N) is 1.